The highest BCUT2D eigenvalue weighted by molar-refractivity contribution is 5.42. The molecule has 0 bridgehead atoms. The Kier molecular flexibility index (Phi) is 1.34. The quantitative estimate of drug-likeness (QED) is 0.653. The highest BCUT2D eigenvalue weighted by Gasteiger charge is 2.26. The summed E-state index contributed by atoms with van der Waals surface area (Å²) in [6.45, 7) is 0. The number of nitrogens with zero attached hydrogens (tertiary/aromatic N) is 1. The number of hydrogen-bond acceptors (Lipinski definition) is 3. The molecule has 5 nitrogen and oxygen atoms in total. The van der Waals surface area contributed by atoms with Gasteiger partial charge >= 0.3 is 0 Å². The molecule has 0 saturated heterocycles. The van der Waals surface area contributed by atoms with Crippen LogP contribution in [0.1, 0.15) is 12.8 Å². The number of nitrogens with one attached hydrogen (secondary N) is 2. The van der Waals surface area contributed by atoms with E-state index in [4.69, 9.17) is 4.74 Å². The van der Waals surface area contributed by atoms with E-state index in [-0.39, 0.29) is 6.10 Å². The van der Waals surface area contributed by atoms with E-state index >= 15 is 0 Å². The van der Waals surface area contributed by atoms with Gasteiger partial charge in [0, 0.05) is 0 Å². The number of rotatable bonds is 3. The molecular formula is C6H8N3O2+. The zero-order valence-electron chi connectivity index (χ0n) is 5.83. The molecule has 5 heteroatoms. The summed E-state index contributed by atoms with van der Waals surface area (Å²) >= 11 is 0. The summed E-state index contributed by atoms with van der Waals surface area (Å²) in [5.41, 5.74) is 0.303. The molecule has 1 heterocycles. The molecule has 2 N–H and O–H groups in total. The van der Waals surface area contributed by atoms with E-state index < -0.39 is 0 Å². The predicted octanol–water partition coefficient (Wildman–Crippen LogP) is 0.768. The van der Waals surface area contributed by atoms with Gasteiger partial charge < -0.3 is 4.74 Å². The first-order valence-corrected chi connectivity index (χ1v) is 3.49. The van der Waals surface area contributed by atoms with Crippen LogP contribution in [0.4, 0.5) is 5.69 Å². The van der Waals surface area contributed by atoms with Gasteiger partial charge in [0.15, 0.2) is 0 Å². The zero-order chi connectivity index (χ0) is 7.68. The van der Waals surface area contributed by atoms with E-state index in [9.17, 15) is 4.91 Å². The van der Waals surface area contributed by atoms with Gasteiger partial charge in [0.2, 0.25) is 11.9 Å². The van der Waals surface area contributed by atoms with Crippen molar-refractivity contribution in [1.29, 1.82) is 0 Å². The average molecular weight is 154 g/mol. The van der Waals surface area contributed by atoms with Gasteiger partial charge in [0.25, 0.3) is 5.88 Å². The van der Waals surface area contributed by atoms with Crippen LogP contribution < -0.4 is 9.84 Å². The van der Waals surface area contributed by atoms with Crippen molar-refractivity contribution in [2.75, 3.05) is 0 Å². The Morgan fingerprint density at radius 2 is 2.55 bits per heavy atom. The third-order valence-electron chi connectivity index (χ3n) is 1.53. The SMILES string of the molecule is O=Nc1c[nH+][nH]c1OC1CC1. The van der Waals surface area contributed by atoms with Gasteiger partial charge in [-0.2, -0.15) is 0 Å². The molecule has 1 aliphatic rings. The number of H-pyrrole nitrogens is 2. The van der Waals surface area contributed by atoms with Crippen LogP contribution in [-0.4, -0.2) is 11.2 Å². The summed E-state index contributed by atoms with van der Waals surface area (Å²) in [7, 11) is 0. The highest BCUT2D eigenvalue weighted by atomic mass is 16.5. The van der Waals surface area contributed by atoms with Crippen molar-refractivity contribution >= 4 is 5.69 Å². The average Bonchev–Trinajstić information content (AvgIpc) is 2.68. The van der Waals surface area contributed by atoms with Gasteiger partial charge in [0.1, 0.15) is 6.10 Å². The van der Waals surface area contributed by atoms with Crippen molar-refractivity contribution in [3.8, 4) is 5.88 Å². The molecular weight excluding hydrogens is 146 g/mol. The number of aromatic nitrogens is 2. The van der Waals surface area contributed by atoms with E-state index in [1.807, 2.05) is 0 Å². The second-order valence-electron chi connectivity index (χ2n) is 2.54. The maximum atomic E-state index is 10.1. The second kappa shape index (κ2) is 2.34. The van der Waals surface area contributed by atoms with Gasteiger partial charge in [0.05, 0.1) is 0 Å². The van der Waals surface area contributed by atoms with Gasteiger partial charge in [-0.05, 0) is 18.0 Å². The minimum Gasteiger partial charge on any atom is -0.471 e. The van der Waals surface area contributed by atoms with E-state index in [1.165, 1.54) is 6.20 Å². The lowest BCUT2D eigenvalue weighted by Gasteiger charge is -1.95. The van der Waals surface area contributed by atoms with Crippen LogP contribution in [0.5, 0.6) is 5.88 Å². The van der Waals surface area contributed by atoms with Crippen LogP contribution in [0.3, 0.4) is 0 Å². The van der Waals surface area contributed by atoms with E-state index in [1.54, 1.807) is 0 Å². The predicted molar refractivity (Wildman–Crippen MR) is 36.5 cm³/mol. The van der Waals surface area contributed by atoms with Crippen molar-refractivity contribution in [1.82, 2.24) is 5.10 Å². The Morgan fingerprint density at radius 3 is 3.18 bits per heavy atom. The van der Waals surface area contributed by atoms with Crippen LogP contribution in [0.15, 0.2) is 11.4 Å². The summed E-state index contributed by atoms with van der Waals surface area (Å²) in [4.78, 5) is 10.1. The van der Waals surface area contributed by atoms with Gasteiger partial charge in [-0.3, -0.25) is 0 Å². The largest absolute Gasteiger partial charge is 0.471 e. The summed E-state index contributed by atoms with van der Waals surface area (Å²) in [6, 6.07) is 0. The number of aromatic amines is 2. The maximum absolute atomic E-state index is 10.1. The van der Waals surface area contributed by atoms with Crippen LogP contribution >= 0.6 is 0 Å². The molecule has 2 rings (SSSR count). The monoisotopic (exact) mass is 154 g/mol. The minimum absolute atomic E-state index is 0.280. The molecule has 1 aliphatic carbocycles. The standard InChI is InChI=1S/C6H7N3O2/c10-9-5-3-7-8-6(5)11-4-1-2-4/h3-4H,1-2H2,(H,7,8)/p+1. The first-order valence-electron chi connectivity index (χ1n) is 3.49. The second-order valence-corrected chi connectivity index (χ2v) is 2.54. The first kappa shape index (κ1) is 6.33. The fourth-order valence-electron chi connectivity index (χ4n) is 0.810. The zero-order valence-corrected chi connectivity index (χ0v) is 5.83. The van der Waals surface area contributed by atoms with Crippen molar-refractivity contribution in [2.45, 2.75) is 18.9 Å². The Balaban J connectivity index is 2.13. The van der Waals surface area contributed by atoms with Gasteiger partial charge in [-0.1, -0.05) is 0 Å². The molecule has 0 aliphatic heterocycles. The number of nitroso groups, excluding NO2 is 1. The smallest absolute Gasteiger partial charge is 0.279 e. The molecule has 1 aromatic heterocycles. The lowest BCUT2D eigenvalue weighted by Crippen LogP contribution is -2.01. The number of ether oxygens (including phenoxy) is 1. The van der Waals surface area contributed by atoms with Crippen molar-refractivity contribution in [2.24, 2.45) is 5.18 Å². The molecule has 1 aromatic rings. The van der Waals surface area contributed by atoms with Crippen LogP contribution in [-0.2, 0) is 0 Å². The molecule has 0 atom stereocenters. The third-order valence-corrected chi connectivity index (χ3v) is 1.53. The van der Waals surface area contributed by atoms with E-state index in [2.05, 4.69) is 15.4 Å². The summed E-state index contributed by atoms with van der Waals surface area (Å²) in [5, 5.41) is 8.10. The molecule has 58 valence electrons. The van der Waals surface area contributed by atoms with E-state index in [0.717, 1.165) is 12.8 Å². The fraction of sp³-hybridized carbons (Fsp3) is 0.500. The molecule has 0 amide bonds. The Hall–Kier alpha value is -1.39. The molecule has 1 fully saturated rings. The first-order chi connectivity index (χ1) is 5.40. The fourth-order valence-corrected chi connectivity index (χ4v) is 0.810. The van der Waals surface area contributed by atoms with Crippen molar-refractivity contribution < 1.29 is 9.84 Å². The Morgan fingerprint density at radius 1 is 1.73 bits per heavy atom. The number of hydrogen-bond donors (Lipinski definition) is 1. The Labute approximate surface area is 62.7 Å². The highest BCUT2D eigenvalue weighted by Crippen LogP contribution is 2.30. The molecule has 0 spiro atoms. The van der Waals surface area contributed by atoms with Crippen LogP contribution in [0, 0.1) is 4.91 Å². The summed E-state index contributed by atoms with van der Waals surface area (Å²) in [6.07, 6.45) is 3.89. The van der Waals surface area contributed by atoms with Crippen LogP contribution in [0.2, 0.25) is 0 Å². The third kappa shape index (κ3) is 1.21. The van der Waals surface area contributed by atoms with Crippen molar-refractivity contribution in [3.63, 3.8) is 0 Å². The minimum atomic E-state index is 0.280. The van der Waals surface area contributed by atoms with Gasteiger partial charge in [-0.25, -0.2) is 0 Å². The van der Waals surface area contributed by atoms with Crippen LogP contribution in [0.25, 0.3) is 0 Å². The summed E-state index contributed by atoms with van der Waals surface area (Å²) in [5.74, 6) is 0.447. The van der Waals surface area contributed by atoms with Crippen molar-refractivity contribution in [3.05, 3.63) is 11.1 Å². The Bertz CT molecular complexity index is 267. The van der Waals surface area contributed by atoms with Gasteiger partial charge in [-0.15, -0.1) is 15.1 Å². The maximum Gasteiger partial charge on any atom is 0.279 e. The molecule has 0 unspecified atom stereocenters. The molecule has 1 saturated carbocycles. The molecule has 0 radical (unpaired) electrons. The molecule has 0 aromatic carbocycles. The topological polar surface area (TPSA) is 68.6 Å². The van der Waals surface area contributed by atoms with E-state index in [0.29, 0.717) is 11.6 Å². The lowest BCUT2D eigenvalue weighted by atomic mass is 10.6. The normalized spacial score (nSPS) is 16.4. The molecule has 11 heavy (non-hydrogen) atoms. The summed E-state index contributed by atoms with van der Waals surface area (Å²) < 4.78 is 5.31. The lowest BCUT2D eigenvalue weighted by molar-refractivity contribution is -0.449.